The van der Waals surface area contributed by atoms with Gasteiger partial charge in [-0.3, -0.25) is 14.2 Å². The maximum Gasteiger partial charge on any atom is 0.267 e. The third-order valence-electron chi connectivity index (χ3n) is 4.83. The van der Waals surface area contributed by atoms with Crippen LogP contribution in [-0.2, 0) is 17.6 Å². The monoisotopic (exact) mass is 384 g/mol. The Morgan fingerprint density at radius 2 is 1.96 bits per heavy atom. The quantitative estimate of drug-likeness (QED) is 0.494. The summed E-state index contributed by atoms with van der Waals surface area (Å²) in [4.78, 5) is 32.2. The minimum atomic E-state index is -0.246. The van der Waals surface area contributed by atoms with Crippen LogP contribution >= 0.6 is 23.1 Å². The molecular formula is C20H20N2O2S2. The largest absolute Gasteiger partial charge is 0.299 e. The maximum atomic E-state index is 13.5. The van der Waals surface area contributed by atoms with Crippen LogP contribution in [0.4, 0.5) is 0 Å². The number of nitrogens with zero attached hydrogens (tertiary/aromatic N) is 2. The van der Waals surface area contributed by atoms with E-state index in [1.54, 1.807) is 22.8 Å². The Kier molecular flexibility index (Phi) is 4.71. The first kappa shape index (κ1) is 17.5. The van der Waals surface area contributed by atoms with Crippen LogP contribution in [0, 0.1) is 0 Å². The van der Waals surface area contributed by atoms with E-state index >= 15 is 0 Å². The Labute approximate surface area is 160 Å². The molecule has 134 valence electrons. The van der Waals surface area contributed by atoms with Crippen LogP contribution in [0.15, 0.2) is 40.3 Å². The Morgan fingerprint density at radius 3 is 2.69 bits per heavy atom. The number of Topliss-reactive ketones (excluding diaryl/α,β-unsaturated/α-hetero) is 1. The topological polar surface area (TPSA) is 52.0 Å². The minimum absolute atomic E-state index is 0.0150. The molecule has 2 aromatic heterocycles. The molecule has 1 atom stereocenters. The van der Waals surface area contributed by atoms with Gasteiger partial charge in [0.15, 0.2) is 5.16 Å². The third kappa shape index (κ3) is 3.01. The van der Waals surface area contributed by atoms with Crippen molar-refractivity contribution in [2.45, 2.75) is 49.9 Å². The molecule has 0 spiro atoms. The van der Waals surface area contributed by atoms with Gasteiger partial charge in [-0.1, -0.05) is 30.0 Å². The number of rotatable bonds is 4. The van der Waals surface area contributed by atoms with E-state index in [9.17, 15) is 9.59 Å². The number of thiophene rings is 1. The molecule has 26 heavy (non-hydrogen) atoms. The van der Waals surface area contributed by atoms with E-state index in [0.717, 1.165) is 35.2 Å². The average Bonchev–Trinajstić information content (AvgIpc) is 3.01. The van der Waals surface area contributed by atoms with Gasteiger partial charge in [0.05, 0.1) is 16.3 Å². The van der Waals surface area contributed by atoms with Gasteiger partial charge < -0.3 is 0 Å². The number of aromatic nitrogens is 2. The molecule has 2 heterocycles. The summed E-state index contributed by atoms with van der Waals surface area (Å²) in [6.07, 6.45) is 4.29. The number of benzene rings is 1. The van der Waals surface area contributed by atoms with Crippen molar-refractivity contribution < 1.29 is 4.79 Å². The highest BCUT2D eigenvalue weighted by Gasteiger charge is 2.24. The number of hydrogen-bond donors (Lipinski definition) is 0. The summed E-state index contributed by atoms with van der Waals surface area (Å²) in [5, 5.41) is 1.12. The van der Waals surface area contributed by atoms with Crippen molar-refractivity contribution >= 4 is 39.1 Å². The average molecular weight is 385 g/mol. The van der Waals surface area contributed by atoms with Crippen molar-refractivity contribution in [2.75, 3.05) is 0 Å². The summed E-state index contributed by atoms with van der Waals surface area (Å²) in [6, 6.07) is 9.58. The van der Waals surface area contributed by atoms with Gasteiger partial charge in [0, 0.05) is 4.88 Å². The lowest BCUT2D eigenvalue weighted by molar-refractivity contribution is -0.116. The molecule has 0 fully saturated rings. The number of hydrogen-bond acceptors (Lipinski definition) is 5. The fraction of sp³-hybridized carbons (Fsp3) is 0.350. The van der Waals surface area contributed by atoms with E-state index in [2.05, 4.69) is 0 Å². The Bertz CT molecular complexity index is 1040. The molecular weight excluding hydrogens is 364 g/mol. The van der Waals surface area contributed by atoms with Gasteiger partial charge in [0.2, 0.25) is 0 Å². The molecule has 0 amide bonds. The fourth-order valence-corrected chi connectivity index (χ4v) is 5.54. The summed E-state index contributed by atoms with van der Waals surface area (Å²) in [5.74, 6) is 0.0782. The SMILES string of the molecule is CC(=O)[C@@H](C)Sc1nc2sc3c(c2c(=O)n1-c1ccccc1)CCCC3. The van der Waals surface area contributed by atoms with Crippen LogP contribution in [0.2, 0.25) is 0 Å². The second-order valence-corrected chi connectivity index (χ2v) is 9.02. The highest BCUT2D eigenvalue weighted by atomic mass is 32.2. The zero-order valence-corrected chi connectivity index (χ0v) is 16.5. The summed E-state index contributed by atoms with van der Waals surface area (Å²) < 4.78 is 1.67. The first-order chi connectivity index (χ1) is 12.6. The van der Waals surface area contributed by atoms with Crippen LogP contribution in [0.25, 0.3) is 15.9 Å². The number of aryl methyl sites for hydroxylation is 2. The summed E-state index contributed by atoms with van der Waals surface area (Å²) in [7, 11) is 0. The Hall–Kier alpha value is -1.92. The van der Waals surface area contributed by atoms with Crippen molar-refractivity contribution in [2.24, 2.45) is 0 Å². The van der Waals surface area contributed by atoms with Gasteiger partial charge in [0.25, 0.3) is 5.56 Å². The van der Waals surface area contributed by atoms with Crippen LogP contribution in [0.1, 0.15) is 37.1 Å². The molecule has 1 aromatic carbocycles. The van der Waals surface area contributed by atoms with Gasteiger partial charge in [-0.25, -0.2) is 4.98 Å². The number of thioether (sulfide) groups is 1. The van der Waals surface area contributed by atoms with Crippen LogP contribution in [-0.4, -0.2) is 20.6 Å². The first-order valence-corrected chi connectivity index (χ1v) is 10.6. The molecule has 0 unspecified atom stereocenters. The van der Waals surface area contributed by atoms with E-state index in [4.69, 9.17) is 4.98 Å². The lowest BCUT2D eigenvalue weighted by Crippen LogP contribution is -2.23. The van der Waals surface area contributed by atoms with Crippen LogP contribution in [0.3, 0.4) is 0 Å². The van der Waals surface area contributed by atoms with E-state index in [1.807, 2.05) is 37.3 Å². The number of ketones is 1. The van der Waals surface area contributed by atoms with Crippen molar-refractivity contribution in [1.29, 1.82) is 0 Å². The molecule has 1 aliphatic rings. The molecule has 6 heteroatoms. The van der Waals surface area contributed by atoms with E-state index < -0.39 is 0 Å². The molecule has 0 N–H and O–H groups in total. The van der Waals surface area contributed by atoms with Crippen molar-refractivity contribution in [3.63, 3.8) is 0 Å². The molecule has 0 aliphatic heterocycles. The molecule has 0 radical (unpaired) electrons. The van der Waals surface area contributed by atoms with Gasteiger partial charge in [-0.05, 0) is 57.2 Å². The molecule has 3 aromatic rings. The predicted octanol–water partition coefficient (Wildman–Crippen LogP) is 4.40. The Balaban J connectivity index is 1.99. The predicted molar refractivity (Wildman–Crippen MR) is 108 cm³/mol. The highest BCUT2D eigenvalue weighted by molar-refractivity contribution is 8.00. The van der Waals surface area contributed by atoms with Crippen molar-refractivity contribution in [3.8, 4) is 5.69 Å². The van der Waals surface area contributed by atoms with Gasteiger partial charge >= 0.3 is 0 Å². The molecule has 1 aliphatic carbocycles. The molecule has 0 saturated carbocycles. The number of carbonyl (C=O) groups is 1. The maximum absolute atomic E-state index is 13.5. The lowest BCUT2D eigenvalue weighted by atomic mass is 9.97. The van der Waals surface area contributed by atoms with Gasteiger partial charge in [-0.15, -0.1) is 11.3 Å². The van der Waals surface area contributed by atoms with Gasteiger partial charge in [-0.2, -0.15) is 0 Å². The van der Waals surface area contributed by atoms with Crippen molar-refractivity contribution in [3.05, 3.63) is 51.1 Å². The zero-order chi connectivity index (χ0) is 18.3. The molecule has 0 bridgehead atoms. The van der Waals surface area contributed by atoms with E-state index in [-0.39, 0.29) is 16.6 Å². The first-order valence-electron chi connectivity index (χ1n) is 8.86. The lowest BCUT2D eigenvalue weighted by Gasteiger charge is -2.15. The summed E-state index contributed by atoms with van der Waals surface area (Å²) in [6.45, 7) is 3.43. The normalized spacial score (nSPS) is 15.0. The van der Waals surface area contributed by atoms with E-state index in [0.29, 0.717) is 5.16 Å². The van der Waals surface area contributed by atoms with Crippen LogP contribution in [0.5, 0.6) is 0 Å². The molecule has 0 saturated heterocycles. The third-order valence-corrected chi connectivity index (χ3v) is 7.18. The van der Waals surface area contributed by atoms with E-state index in [1.165, 1.54) is 28.6 Å². The van der Waals surface area contributed by atoms with Crippen LogP contribution < -0.4 is 5.56 Å². The summed E-state index contributed by atoms with van der Waals surface area (Å²) in [5.41, 5.74) is 1.97. The fourth-order valence-electron chi connectivity index (χ4n) is 3.31. The second-order valence-electron chi connectivity index (χ2n) is 6.63. The number of carbonyl (C=O) groups excluding carboxylic acids is 1. The Morgan fingerprint density at radius 1 is 1.23 bits per heavy atom. The highest BCUT2D eigenvalue weighted by Crippen LogP contribution is 2.35. The number of para-hydroxylation sites is 1. The molecule has 4 rings (SSSR count). The smallest absolute Gasteiger partial charge is 0.267 e. The second kappa shape index (κ2) is 7.00. The zero-order valence-electron chi connectivity index (χ0n) is 14.8. The number of fused-ring (bicyclic) bond motifs is 3. The van der Waals surface area contributed by atoms with Gasteiger partial charge in [0.1, 0.15) is 10.6 Å². The minimum Gasteiger partial charge on any atom is -0.299 e. The standard InChI is InChI=1S/C20H20N2O2S2/c1-12(23)13(2)25-20-21-18-17(15-10-6-7-11-16(15)26-18)19(24)22(20)14-8-4-3-5-9-14/h3-5,8-9,13H,6-7,10-11H2,1-2H3/t13-/m1/s1. The van der Waals surface area contributed by atoms with Crippen molar-refractivity contribution in [1.82, 2.24) is 9.55 Å². The molecule has 4 nitrogen and oxygen atoms in total. The summed E-state index contributed by atoms with van der Waals surface area (Å²) >= 11 is 3.00.